The highest BCUT2D eigenvalue weighted by Crippen LogP contribution is 2.42. The van der Waals surface area contributed by atoms with Crippen LogP contribution < -0.4 is 0 Å². The first kappa shape index (κ1) is 15.4. The minimum atomic E-state index is -3.24. The molecule has 1 atom stereocenters. The fourth-order valence-electron chi connectivity index (χ4n) is 2.87. The second-order valence-corrected chi connectivity index (χ2v) is 8.67. The second-order valence-electron chi connectivity index (χ2n) is 6.21. The van der Waals surface area contributed by atoms with E-state index in [0.29, 0.717) is 12.8 Å². The van der Waals surface area contributed by atoms with Gasteiger partial charge < -0.3 is 4.90 Å². The Morgan fingerprint density at radius 1 is 1.25 bits per heavy atom. The Morgan fingerprint density at radius 2 is 1.80 bits per heavy atom. The first-order chi connectivity index (χ1) is 9.16. The van der Waals surface area contributed by atoms with Crippen molar-refractivity contribution in [3.05, 3.63) is 0 Å². The van der Waals surface area contributed by atoms with Crippen molar-refractivity contribution in [2.75, 3.05) is 32.9 Å². The highest BCUT2D eigenvalue weighted by atomic mass is 32.2. The van der Waals surface area contributed by atoms with E-state index in [1.165, 1.54) is 6.92 Å². The summed E-state index contributed by atoms with van der Waals surface area (Å²) < 4.78 is 23.0. The first-order valence-corrected chi connectivity index (χ1v) is 8.83. The van der Waals surface area contributed by atoms with E-state index in [1.807, 2.05) is 7.05 Å². The van der Waals surface area contributed by atoms with Crippen LogP contribution in [0.4, 0.5) is 0 Å². The number of carbonyl (C=O) groups is 2. The van der Waals surface area contributed by atoms with Gasteiger partial charge in [0.1, 0.15) is 0 Å². The molecular weight excluding hydrogens is 280 g/mol. The van der Waals surface area contributed by atoms with Crippen molar-refractivity contribution in [1.29, 1.82) is 0 Å². The lowest BCUT2D eigenvalue weighted by Crippen LogP contribution is -2.45. The lowest BCUT2D eigenvalue weighted by atomic mass is 9.77. The van der Waals surface area contributed by atoms with E-state index in [9.17, 15) is 18.0 Å². The predicted molar refractivity (Wildman–Crippen MR) is 74.8 cm³/mol. The van der Waals surface area contributed by atoms with Crippen LogP contribution in [0.25, 0.3) is 0 Å². The standard InChI is InChI=1S/C13H22N2O4S/c1-10(20(3,18)19)9-15-11(16)8-13(12(15)17)4-6-14(2)7-5-13/h10H,4-9H2,1-3H3. The Morgan fingerprint density at radius 3 is 2.30 bits per heavy atom. The third kappa shape index (κ3) is 2.74. The molecule has 2 aliphatic heterocycles. The van der Waals surface area contributed by atoms with Crippen LogP contribution in [0.2, 0.25) is 0 Å². The molecule has 20 heavy (non-hydrogen) atoms. The summed E-state index contributed by atoms with van der Waals surface area (Å²) in [5, 5.41) is -0.711. The predicted octanol–water partition coefficient (Wildman–Crippen LogP) is -0.110. The van der Waals surface area contributed by atoms with Crippen molar-refractivity contribution in [2.45, 2.75) is 31.4 Å². The van der Waals surface area contributed by atoms with E-state index in [2.05, 4.69) is 4.90 Å². The first-order valence-electron chi connectivity index (χ1n) is 6.88. The minimum absolute atomic E-state index is 0.0198. The molecule has 2 fully saturated rings. The van der Waals surface area contributed by atoms with Gasteiger partial charge >= 0.3 is 0 Å². The maximum Gasteiger partial charge on any atom is 0.236 e. The number of likely N-dealkylation sites (tertiary alicyclic amines) is 2. The van der Waals surface area contributed by atoms with E-state index in [0.717, 1.165) is 24.2 Å². The molecule has 2 heterocycles. The van der Waals surface area contributed by atoms with E-state index < -0.39 is 20.5 Å². The minimum Gasteiger partial charge on any atom is -0.306 e. The lowest BCUT2D eigenvalue weighted by molar-refractivity contribution is -0.142. The highest BCUT2D eigenvalue weighted by molar-refractivity contribution is 7.91. The number of hydrogen-bond donors (Lipinski definition) is 0. The molecule has 0 N–H and O–H groups in total. The van der Waals surface area contributed by atoms with Crippen LogP contribution in [-0.4, -0.2) is 68.2 Å². The average molecular weight is 302 g/mol. The van der Waals surface area contributed by atoms with Crippen LogP contribution in [0.15, 0.2) is 0 Å². The monoisotopic (exact) mass is 302 g/mol. The number of sulfone groups is 1. The fraction of sp³-hybridized carbons (Fsp3) is 0.846. The van der Waals surface area contributed by atoms with Gasteiger partial charge in [-0.3, -0.25) is 14.5 Å². The number of amides is 2. The van der Waals surface area contributed by atoms with Gasteiger partial charge in [0, 0.05) is 19.2 Å². The Labute approximate surface area is 120 Å². The molecular formula is C13H22N2O4S. The number of piperidine rings is 1. The van der Waals surface area contributed by atoms with Gasteiger partial charge in [-0.05, 0) is 39.9 Å². The molecule has 0 bridgehead atoms. The Balaban J connectivity index is 2.13. The topological polar surface area (TPSA) is 74.8 Å². The number of rotatable bonds is 3. The van der Waals surface area contributed by atoms with Gasteiger partial charge in [-0.25, -0.2) is 8.42 Å². The molecule has 0 aromatic heterocycles. The summed E-state index contributed by atoms with van der Waals surface area (Å²) in [6, 6.07) is 0. The van der Waals surface area contributed by atoms with Crippen LogP contribution in [0.1, 0.15) is 26.2 Å². The maximum atomic E-state index is 12.6. The van der Waals surface area contributed by atoms with Crippen molar-refractivity contribution in [3.8, 4) is 0 Å². The third-order valence-corrected chi connectivity index (χ3v) is 6.22. The molecule has 2 saturated heterocycles. The van der Waals surface area contributed by atoms with Gasteiger partial charge in [-0.1, -0.05) is 0 Å². The largest absolute Gasteiger partial charge is 0.306 e. The molecule has 0 radical (unpaired) electrons. The normalized spacial score (nSPS) is 25.4. The number of nitrogens with zero attached hydrogens (tertiary/aromatic N) is 2. The van der Waals surface area contributed by atoms with E-state index in [1.54, 1.807) is 0 Å². The zero-order valence-electron chi connectivity index (χ0n) is 12.3. The second kappa shape index (κ2) is 5.11. The number of imide groups is 1. The van der Waals surface area contributed by atoms with Crippen LogP contribution in [-0.2, 0) is 19.4 Å². The molecule has 0 aromatic rings. The van der Waals surface area contributed by atoms with Gasteiger partial charge in [0.2, 0.25) is 11.8 Å². The summed E-state index contributed by atoms with van der Waals surface area (Å²) in [6.45, 7) is 3.12. The van der Waals surface area contributed by atoms with Gasteiger partial charge in [0.05, 0.1) is 10.7 Å². The Kier molecular flexibility index (Phi) is 3.94. The maximum absolute atomic E-state index is 12.6. The van der Waals surface area contributed by atoms with Gasteiger partial charge in [0.25, 0.3) is 0 Å². The molecule has 2 aliphatic rings. The summed E-state index contributed by atoms with van der Waals surface area (Å²) in [4.78, 5) is 28.0. The van der Waals surface area contributed by atoms with Crippen molar-refractivity contribution in [3.63, 3.8) is 0 Å². The SMILES string of the molecule is CC(CN1C(=O)CC2(CCN(C)CC2)C1=O)S(C)(=O)=O. The summed E-state index contributed by atoms with van der Waals surface area (Å²) in [5.41, 5.74) is -0.583. The van der Waals surface area contributed by atoms with Crippen LogP contribution >= 0.6 is 0 Å². The summed E-state index contributed by atoms with van der Waals surface area (Å²) >= 11 is 0. The van der Waals surface area contributed by atoms with Crippen LogP contribution in [0.5, 0.6) is 0 Å². The molecule has 7 heteroatoms. The molecule has 1 spiro atoms. The molecule has 6 nitrogen and oxygen atoms in total. The van der Waals surface area contributed by atoms with E-state index in [4.69, 9.17) is 0 Å². The zero-order chi connectivity index (χ0) is 15.1. The molecule has 1 unspecified atom stereocenters. The third-order valence-electron chi connectivity index (χ3n) is 4.60. The van der Waals surface area contributed by atoms with E-state index in [-0.39, 0.29) is 24.8 Å². The molecule has 2 rings (SSSR count). The molecule has 0 aliphatic carbocycles. The number of hydrogen-bond acceptors (Lipinski definition) is 5. The summed E-state index contributed by atoms with van der Waals surface area (Å²) in [7, 11) is -1.24. The van der Waals surface area contributed by atoms with Crippen LogP contribution in [0, 0.1) is 5.41 Å². The summed E-state index contributed by atoms with van der Waals surface area (Å²) in [5.74, 6) is -0.402. The quantitative estimate of drug-likeness (QED) is 0.680. The van der Waals surface area contributed by atoms with Crippen molar-refractivity contribution >= 4 is 21.7 Å². The molecule has 114 valence electrons. The Hall–Kier alpha value is -0.950. The van der Waals surface area contributed by atoms with Crippen molar-refractivity contribution < 1.29 is 18.0 Å². The zero-order valence-corrected chi connectivity index (χ0v) is 13.1. The molecule has 0 saturated carbocycles. The van der Waals surface area contributed by atoms with Gasteiger partial charge in [-0.2, -0.15) is 0 Å². The fourth-order valence-corrected chi connectivity index (χ4v) is 3.29. The van der Waals surface area contributed by atoms with Crippen LogP contribution in [0.3, 0.4) is 0 Å². The highest BCUT2D eigenvalue weighted by Gasteiger charge is 2.52. The van der Waals surface area contributed by atoms with Crippen molar-refractivity contribution in [1.82, 2.24) is 9.80 Å². The van der Waals surface area contributed by atoms with Crippen molar-refractivity contribution in [2.24, 2.45) is 5.41 Å². The number of carbonyl (C=O) groups excluding carboxylic acids is 2. The van der Waals surface area contributed by atoms with Gasteiger partial charge in [0.15, 0.2) is 9.84 Å². The smallest absolute Gasteiger partial charge is 0.236 e. The molecule has 0 aromatic carbocycles. The Bertz CT molecular complexity index is 520. The lowest BCUT2D eigenvalue weighted by Gasteiger charge is -2.35. The van der Waals surface area contributed by atoms with E-state index >= 15 is 0 Å². The molecule has 2 amide bonds. The average Bonchev–Trinajstić information content (AvgIpc) is 2.57. The van der Waals surface area contributed by atoms with Gasteiger partial charge in [-0.15, -0.1) is 0 Å². The summed E-state index contributed by atoms with van der Waals surface area (Å²) in [6.07, 6.45) is 2.72.